The molecule has 1 aromatic heterocycles. The van der Waals surface area contributed by atoms with Crippen molar-refractivity contribution in [2.75, 3.05) is 0 Å². The summed E-state index contributed by atoms with van der Waals surface area (Å²) in [4.78, 5) is 0. The molecule has 0 saturated carbocycles. The van der Waals surface area contributed by atoms with Crippen LogP contribution in [0.5, 0.6) is 0 Å². The van der Waals surface area contributed by atoms with Crippen molar-refractivity contribution in [2.24, 2.45) is 0 Å². The molecule has 21 heavy (non-hydrogen) atoms. The largest absolute Gasteiger partial charge is 0.309 e. The third-order valence-corrected chi connectivity index (χ3v) is 3.60. The van der Waals surface area contributed by atoms with Crippen LogP contribution in [0.4, 0.5) is 0 Å². The van der Waals surface area contributed by atoms with Crippen molar-refractivity contribution in [3.05, 3.63) is 77.6 Å². The Hall–Kier alpha value is -2.39. The Kier molecular flexibility index (Phi) is 4.12. The second kappa shape index (κ2) is 6.37. The van der Waals surface area contributed by atoms with E-state index in [0.717, 1.165) is 18.8 Å². The van der Waals surface area contributed by atoms with E-state index >= 15 is 0 Å². The van der Waals surface area contributed by atoms with Crippen LogP contribution in [0, 0.1) is 6.92 Å². The van der Waals surface area contributed by atoms with Gasteiger partial charge in [-0.2, -0.15) is 5.10 Å². The molecule has 2 aromatic carbocycles. The van der Waals surface area contributed by atoms with Gasteiger partial charge in [-0.15, -0.1) is 0 Å². The van der Waals surface area contributed by atoms with Crippen LogP contribution >= 0.6 is 0 Å². The molecule has 3 nitrogen and oxygen atoms in total. The maximum Gasteiger partial charge on any atom is 0.0568 e. The molecule has 3 rings (SSSR count). The minimum atomic E-state index is 0.875. The second-order valence-electron chi connectivity index (χ2n) is 5.19. The molecule has 0 aliphatic heterocycles. The molecule has 0 atom stereocenters. The van der Waals surface area contributed by atoms with E-state index in [0.29, 0.717) is 0 Å². The molecule has 0 radical (unpaired) electrons. The number of aryl methyl sites for hydroxylation is 1. The Morgan fingerprint density at radius 2 is 1.57 bits per heavy atom. The highest BCUT2D eigenvalue weighted by atomic mass is 15.1. The van der Waals surface area contributed by atoms with Crippen LogP contribution < -0.4 is 5.32 Å². The van der Waals surface area contributed by atoms with Crippen molar-refractivity contribution >= 4 is 0 Å². The summed E-state index contributed by atoms with van der Waals surface area (Å²) in [6.07, 6.45) is 1.87. The van der Waals surface area contributed by atoms with Crippen molar-refractivity contribution in [1.82, 2.24) is 15.5 Å². The van der Waals surface area contributed by atoms with Gasteiger partial charge in [0.05, 0.1) is 6.20 Å². The summed E-state index contributed by atoms with van der Waals surface area (Å²) >= 11 is 0. The van der Waals surface area contributed by atoms with E-state index in [-0.39, 0.29) is 0 Å². The highest BCUT2D eigenvalue weighted by Gasteiger charge is 2.03. The van der Waals surface area contributed by atoms with Gasteiger partial charge in [-0.05, 0) is 23.6 Å². The number of hydrogen-bond donors (Lipinski definition) is 2. The quantitative estimate of drug-likeness (QED) is 0.747. The van der Waals surface area contributed by atoms with Gasteiger partial charge in [-0.1, -0.05) is 54.6 Å². The number of H-pyrrole nitrogens is 1. The van der Waals surface area contributed by atoms with Crippen molar-refractivity contribution < 1.29 is 0 Å². The highest BCUT2D eigenvalue weighted by molar-refractivity contribution is 5.65. The van der Waals surface area contributed by atoms with Crippen LogP contribution in [0.15, 0.2) is 60.8 Å². The van der Waals surface area contributed by atoms with Crippen LogP contribution in [0.2, 0.25) is 0 Å². The van der Waals surface area contributed by atoms with Gasteiger partial charge in [-0.25, -0.2) is 0 Å². The zero-order valence-corrected chi connectivity index (χ0v) is 12.1. The Morgan fingerprint density at radius 1 is 0.905 bits per heavy atom. The molecule has 0 unspecified atom stereocenters. The minimum Gasteiger partial charge on any atom is -0.309 e. The molecule has 3 aromatic rings. The summed E-state index contributed by atoms with van der Waals surface area (Å²) in [5.74, 6) is 0. The van der Waals surface area contributed by atoms with Gasteiger partial charge in [-0.3, -0.25) is 5.10 Å². The molecule has 2 N–H and O–H groups in total. The molecule has 0 bridgehead atoms. The number of hydrogen-bond acceptors (Lipinski definition) is 2. The number of benzene rings is 2. The molecule has 0 fully saturated rings. The summed E-state index contributed by atoms with van der Waals surface area (Å²) in [6.45, 7) is 3.81. The molecule has 0 aliphatic carbocycles. The molecular formula is C18H19N3. The van der Waals surface area contributed by atoms with Crippen LogP contribution in [0.1, 0.15) is 16.8 Å². The number of rotatable bonds is 5. The van der Waals surface area contributed by atoms with E-state index in [1.807, 2.05) is 19.2 Å². The lowest BCUT2D eigenvalue weighted by Crippen LogP contribution is -2.12. The van der Waals surface area contributed by atoms with Crippen LogP contribution in [0.25, 0.3) is 11.1 Å². The molecule has 3 heteroatoms. The van der Waals surface area contributed by atoms with E-state index in [1.54, 1.807) is 0 Å². The first-order valence-corrected chi connectivity index (χ1v) is 7.17. The fourth-order valence-corrected chi connectivity index (χ4v) is 2.39. The van der Waals surface area contributed by atoms with E-state index < -0.39 is 0 Å². The summed E-state index contributed by atoms with van der Waals surface area (Å²) in [5.41, 5.74) is 6.07. The fraction of sp³-hybridized carbons (Fsp3) is 0.167. The van der Waals surface area contributed by atoms with Gasteiger partial charge >= 0.3 is 0 Å². The minimum absolute atomic E-state index is 0.875. The number of nitrogens with one attached hydrogen (secondary N) is 2. The van der Waals surface area contributed by atoms with Gasteiger partial charge in [0, 0.05) is 24.3 Å². The molecule has 0 aliphatic rings. The third kappa shape index (κ3) is 3.38. The normalized spacial score (nSPS) is 10.7. The smallest absolute Gasteiger partial charge is 0.0568 e. The summed E-state index contributed by atoms with van der Waals surface area (Å²) in [5, 5.41) is 10.5. The fourth-order valence-electron chi connectivity index (χ4n) is 2.39. The van der Waals surface area contributed by atoms with E-state index in [2.05, 4.69) is 64.0 Å². The predicted molar refractivity (Wildman–Crippen MR) is 85.7 cm³/mol. The van der Waals surface area contributed by atoms with E-state index in [1.165, 1.54) is 22.3 Å². The highest BCUT2D eigenvalue weighted by Crippen LogP contribution is 2.21. The molecular weight excluding hydrogens is 258 g/mol. The number of nitrogens with zero attached hydrogens (tertiary/aromatic N) is 1. The third-order valence-electron chi connectivity index (χ3n) is 3.60. The van der Waals surface area contributed by atoms with Crippen molar-refractivity contribution in [2.45, 2.75) is 20.0 Å². The molecule has 0 saturated heterocycles. The first-order chi connectivity index (χ1) is 10.3. The van der Waals surface area contributed by atoms with Gasteiger partial charge in [0.1, 0.15) is 0 Å². The van der Waals surface area contributed by atoms with Gasteiger partial charge < -0.3 is 5.32 Å². The van der Waals surface area contributed by atoms with Crippen LogP contribution in [0.3, 0.4) is 0 Å². The topological polar surface area (TPSA) is 40.7 Å². The maximum absolute atomic E-state index is 4.07. The van der Waals surface area contributed by atoms with Crippen molar-refractivity contribution in [1.29, 1.82) is 0 Å². The summed E-state index contributed by atoms with van der Waals surface area (Å²) in [6, 6.07) is 19.1. The first kappa shape index (κ1) is 13.6. The average molecular weight is 277 g/mol. The zero-order chi connectivity index (χ0) is 14.5. The van der Waals surface area contributed by atoms with Gasteiger partial charge in [0.2, 0.25) is 0 Å². The lowest BCUT2D eigenvalue weighted by Gasteiger charge is -2.06. The maximum atomic E-state index is 4.07. The Morgan fingerprint density at radius 3 is 2.19 bits per heavy atom. The van der Waals surface area contributed by atoms with Crippen molar-refractivity contribution in [3.63, 3.8) is 0 Å². The van der Waals surface area contributed by atoms with E-state index in [4.69, 9.17) is 0 Å². The molecule has 106 valence electrons. The molecule has 0 spiro atoms. The van der Waals surface area contributed by atoms with E-state index in [9.17, 15) is 0 Å². The van der Waals surface area contributed by atoms with Crippen LogP contribution in [-0.4, -0.2) is 10.2 Å². The van der Waals surface area contributed by atoms with Gasteiger partial charge in [0.25, 0.3) is 0 Å². The second-order valence-corrected chi connectivity index (χ2v) is 5.19. The van der Waals surface area contributed by atoms with Gasteiger partial charge in [0.15, 0.2) is 0 Å². The lowest BCUT2D eigenvalue weighted by molar-refractivity contribution is 0.693. The SMILES string of the molecule is Cc1[nH]ncc1-c1ccc(CNCc2ccccc2)cc1. The summed E-state index contributed by atoms with van der Waals surface area (Å²) in [7, 11) is 0. The number of aromatic nitrogens is 2. The monoisotopic (exact) mass is 277 g/mol. The zero-order valence-electron chi connectivity index (χ0n) is 12.1. The first-order valence-electron chi connectivity index (χ1n) is 7.17. The standard InChI is InChI=1S/C18H19N3/c1-14-18(13-20-21-14)17-9-7-16(8-10-17)12-19-11-15-5-3-2-4-6-15/h2-10,13,19H,11-12H2,1H3,(H,20,21). The van der Waals surface area contributed by atoms with Crippen LogP contribution in [-0.2, 0) is 13.1 Å². The Labute approximate surface area is 125 Å². The predicted octanol–water partition coefficient (Wildman–Crippen LogP) is 3.67. The van der Waals surface area contributed by atoms with Crippen molar-refractivity contribution in [3.8, 4) is 11.1 Å². The lowest BCUT2D eigenvalue weighted by atomic mass is 10.0. The molecule has 0 amide bonds. The molecule has 1 heterocycles. The number of aromatic amines is 1. The average Bonchev–Trinajstić information content (AvgIpc) is 2.95. The Bertz CT molecular complexity index is 684. The summed E-state index contributed by atoms with van der Waals surface area (Å²) < 4.78 is 0. The Balaban J connectivity index is 1.59.